The van der Waals surface area contributed by atoms with Crippen molar-refractivity contribution in [2.75, 3.05) is 66.4 Å². The normalized spacial score (nSPS) is 15.3. The molecule has 2 N–H and O–H groups in total. The van der Waals surface area contributed by atoms with Crippen LogP contribution in [-0.4, -0.2) is 91.9 Å². The number of amides is 1. The van der Waals surface area contributed by atoms with Crippen molar-refractivity contribution in [2.45, 2.75) is 41.4 Å². The van der Waals surface area contributed by atoms with Gasteiger partial charge in [0, 0.05) is 66.0 Å². The molecule has 0 saturated carbocycles. The monoisotopic (exact) mass is 924 g/mol. The molecule has 1 fully saturated rings. The number of nitrogens with zero attached hydrogens (tertiary/aromatic N) is 4. The van der Waals surface area contributed by atoms with Crippen LogP contribution >= 0.6 is 34.4 Å². The largest absolute Gasteiger partial charge is 0.418 e. The van der Waals surface area contributed by atoms with Crippen LogP contribution in [0.1, 0.15) is 44.0 Å². The molecule has 11 nitrogen and oxygen atoms in total. The fourth-order valence-corrected chi connectivity index (χ4v) is 11.3. The van der Waals surface area contributed by atoms with Gasteiger partial charge in [0.15, 0.2) is 25.9 Å². The second-order valence-corrected chi connectivity index (χ2v) is 19.8. The van der Waals surface area contributed by atoms with Crippen molar-refractivity contribution in [1.29, 1.82) is 0 Å². The first-order chi connectivity index (χ1) is 29.8. The van der Waals surface area contributed by atoms with Gasteiger partial charge in [-0.1, -0.05) is 41.7 Å². The summed E-state index contributed by atoms with van der Waals surface area (Å²) in [7, 11) is -4.53. The van der Waals surface area contributed by atoms with Gasteiger partial charge in [0.05, 0.1) is 33.9 Å². The molecule has 8 rings (SSSR count). The van der Waals surface area contributed by atoms with Crippen LogP contribution in [0.15, 0.2) is 100 Å². The molecule has 19 heteroatoms. The number of anilines is 3. The number of nitrogens with one attached hydrogen (secondary N) is 2. The predicted molar refractivity (Wildman–Crippen MR) is 235 cm³/mol. The minimum Gasteiger partial charge on any atom is -0.381 e. The highest BCUT2D eigenvalue weighted by molar-refractivity contribution is 7.99. The molecule has 2 aliphatic rings. The summed E-state index contributed by atoms with van der Waals surface area (Å²) < 4.78 is 90.8. The molecular weight excluding hydrogens is 885 g/mol. The van der Waals surface area contributed by atoms with Gasteiger partial charge >= 0.3 is 6.18 Å². The van der Waals surface area contributed by atoms with E-state index >= 15 is 0 Å². The molecule has 0 unspecified atom stereocenters. The Hall–Kier alpha value is -4.92. The summed E-state index contributed by atoms with van der Waals surface area (Å²) in [6.45, 7) is 4.05. The lowest BCUT2D eigenvalue weighted by atomic mass is 9.94. The minimum absolute atomic E-state index is 0.133. The van der Waals surface area contributed by atoms with Gasteiger partial charge in [0.25, 0.3) is 5.91 Å². The lowest BCUT2D eigenvalue weighted by Gasteiger charge is -2.29. The number of rotatable bonds is 15. The van der Waals surface area contributed by atoms with E-state index in [4.69, 9.17) is 4.74 Å². The van der Waals surface area contributed by atoms with E-state index in [1.807, 2.05) is 41.3 Å². The molecule has 2 aromatic heterocycles. The number of benzene rings is 4. The van der Waals surface area contributed by atoms with Gasteiger partial charge in [-0.15, -0.1) is 23.1 Å². The van der Waals surface area contributed by atoms with Crippen molar-refractivity contribution in [2.24, 2.45) is 0 Å². The summed E-state index contributed by atoms with van der Waals surface area (Å²) in [4.78, 5) is 40.2. The maximum absolute atomic E-state index is 14.6. The number of ether oxygens (including phenoxy) is 1. The summed E-state index contributed by atoms with van der Waals surface area (Å²) in [6.07, 6.45) is -3.80. The topological polar surface area (TPSA) is 134 Å². The van der Waals surface area contributed by atoms with Crippen LogP contribution in [0.25, 0.3) is 10.2 Å². The highest BCUT2D eigenvalue weighted by Crippen LogP contribution is 2.38. The average molecular weight is 925 g/mol. The second-order valence-electron chi connectivity index (χ2n) is 14.8. The number of ketones is 1. The first-order valence-electron chi connectivity index (χ1n) is 19.7. The van der Waals surface area contributed by atoms with E-state index in [-0.39, 0.29) is 24.0 Å². The number of alkyl halides is 3. The Morgan fingerprint density at radius 1 is 0.952 bits per heavy atom. The number of Topliss-reactive ketones (excluding diaryl/α,β-unsaturated/α-hetero) is 1. The first kappa shape index (κ1) is 43.7. The number of carbonyl (C=O) groups excluding carboxylic acids is 2. The van der Waals surface area contributed by atoms with Crippen molar-refractivity contribution < 1.29 is 40.3 Å². The standard InChI is InChI=1S/C43H40F4N6O5S4/c44-28-9-11-36-39(21-28)61-41(49-36)51-40(55)32-8-4-5-27-13-16-53(23-33(27)32)42-50-37(25-60-42)38(54)26-62(56,57)31-10-12-35(34(22-31)43(45,46)47)48-29(14-15-52-17-19-58-20-18-52)24-59-30-6-2-1-3-7-30/h1-12,21-22,25,29,48H,13-20,23-24,26H2,(H,49,51,55)/t29-/m1/s1. The lowest BCUT2D eigenvalue weighted by molar-refractivity contribution is -0.137. The van der Waals surface area contributed by atoms with E-state index in [2.05, 4.69) is 25.5 Å². The van der Waals surface area contributed by atoms with E-state index in [0.717, 1.165) is 63.9 Å². The van der Waals surface area contributed by atoms with Crippen LogP contribution in [0.2, 0.25) is 0 Å². The van der Waals surface area contributed by atoms with E-state index in [1.165, 1.54) is 29.3 Å². The van der Waals surface area contributed by atoms with Gasteiger partial charge in [0.1, 0.15) is 17.3 Å². The molecule has 4 aromatic carbocycles. The number of thioether (sulfide) groups is 1. The van der Waals surface area contributed by atoms with Crippen molar-refractivity contribution in [3.8, 4) is 0 Å². The lowest BCUT2D eigenvalue weighted by Crippen LogP contribution is -2.39. The Kier molecular flexibility index (Phi) is 13.3. The molecule has 0 aliphatic carbocycles. The third kappa shape index (κ3) is 10.5. The van der Waals surface area contributed by atoms with Crippen LogP contribution in [0, 0.1) is 5.82 Å². The molecule has 4 heterocycles. The number of halogens is 4. The third-order valence-electron chi connectivity index (χ3n) is 10.6. The number of thiazole rings is 2. The molecule has 324 valence electrons. The average Bonchev–Trinajstić information content (AvgIpc) is 3.92. The molecule has 1 saturated heterocycles. The van der Waals surface area contributed by atoms with Gasteiger partial charge in [-0.3, -0.25) is 19.8 Å². The highest BCUT2D eigenvalue weighted by Gasteiger charge is 2.36. The van der Waals surface area contributed by atoms with Gasteiger partial charge in [-0.2, -0.15) is 13.2 Å². The summed E-state index contributed by atoms with van der Waals surface area (Å²) in [6, 6.07) is 21.6. The Bertz CT molecular complexity index is 2690. The van der Waals surface area contributed by atoms with Gasteiger partial charge in [-0.05, 0) is 78.6 Å². The zero-order valence-corrected chi connectivity index (χ0v) is 36.3. The Morgan fingerprint density at radius 2 is 1.76 bits per heavy atom. The number of carbonyl (C=O) groups is 2. The van der Waals surface area contributed by atoms with Crippen LogP contribution in [-0.2, 0) is 33.7 Å². The fourth-order valence-electron chi connectivity index (χ4n) is 7.31. The summed E-state index contributed by atoms with van der Waals surface area (Å²) in [5.41, 5.74) is 1.14. The van der Waals surface area contributed by atoms with Gasteiger partial charge in [0.2, 0.25) is 0 Å². The molecule has 1 amide bonds. The Labute approximate surface area is 367 Å². The maximum atomic E-state index is 14.6. The number of hydrogen-bond donors (Lipinski definition) is 2. The molecule has 1 atom stereocenters. The minimum atomic E-state index is -4.90. The maximum Gasteiger partial charge on any atom is 0.418 e. The van der Waals surface area contributed by atoms with Crippen molar-refractivity contribution in [3.05, 3.63) is 124 Å². The molecule has 0 radical (unpaired) electrons. The van der Waals surface area contributed by atoms with Crippen LogP contribution in [0.5, 0.6) is 0 Å². The van der Waals surface area contributed by atoms with Crippen LogP contribution in [0.3, 0.4) is 0 Å². The predicted octanol–water partition coefficient (Wildman–Crippen LogP) is 8.68. The second kappa shape index (κ2) is 18.8. The van der Waals surface area contributed by atoms with Crippen molar-refractivity contribution >= 4 is 82.1 Å². The smallest absolute Gasteiger partial charge is 0.381 e. The highest BCUT2D eigenvalue weighted by atomic mass is 32.2. The zero-order valence-electron chi connectivity index (χ0n) is 33.0. The molecular formula is C43H40F4N6O5S4. The SMILES string of the molecule is O=C(CS(=O)(=O)c1ccc(N[C@H](CCN2CCOCC2)CSc2ccccc2)c(C(F)(F)F)c1)c1csc(N2CCc3cccc(C(=O)Nc4nc5ccc(F)cc5s4)c3C2)n1. The van der Waals surface area contributed by atoms with Crippen LogP contribution in [0.4, 0.5) is 33.5 Å². The van der Waals surface area contributed by atoms with E-state index < -0.39 is 49.7 Å². The molecule has 6 aromatic rings. The molecule has 0 bridgehead atoms. The van der Waals surface area contributed by atoms with E-state index in [1.54, 1.807) is 18.2 Å². The number of sulfone groups is 1. The van der Waals surface area contributed by atoms with E-state index in [9.17, 15) is 35.6 Å². The number of hydrogen-bond acceptors (Lipinski definition) is 13. The summed E-state index contributed by atoms with van der Waals surface area (Å²) in [5.74, 6) is -2.28. The molecule has 2 aliphatic heterocycles. The quantitative estimate of drug-likeness (QED) is 0.0583. The van der Waals surface area contributed by atoms with Gasteiger partial charge in [-0.25, -0.2) is 22.8 Å². The number of fused-ring (bicyclic) bond motifs is 2. The molecule has 0 spiro atoms. The third-order valence-corrected chi connectivity index (χ3v) is 15.2. The molecule has 62 heavy (non-hydrogen) atoms. The summed E-state index contributed by atoms with van der Waals surface area (Å²) >= 11 is 3.79. The number of morpholine rings is 1. The summed E-state index contributed by atoms with van der Waals surface area (Å²) in [5, 5.41) is 8.05. The Balaban J connectivity index is 0.946. The van der Waals surface area contributed by atoms with Crippen molar-refractivity contribution in [3.63, 3.8) is 0 Å². The van der Waals surface area contributed by atoms with E-state index in [0.29, 0.717) is 77.0 Å². The van der Waals surface area contributed by atoms with Gasteiger partial charge < -0.3 is 15.0 Å². The fraction of sp³-hybridized carbons (Fsp3) is 0.302. The zero-order chi connectivity index (χ0) is 43.4. The van der Waals surface area contributed by atoms with Crippen molar-refractivity contribution in [1.82, 2.24) is 14.9 Å². The first-order valence-corrected chi connectivity index (χ1v) is 24.0. The van der Waals surface area contributed by atoms with Crippen LogP contribution < -0.4 is 15.5 Å². The number of aromatic nitrogens is 2. The Morgan fingerprint density at radius 3 is 2.55 bits per heavy atom.